The number of para-hydroxylation sites is 1. The molecule has 0 radical (unpaired) electrons. The highest BCUT2D eigenvalue weighted by atomic mass is 32.2. The van der Waals surface area contributed by atoms with E-state index in [4.69, 9.17) is 0 Å². The number of nitrogens with one attached hydrogen (secondary N) is 1. The van der Waals surface area contributed by atoms with Gasteiger partial charge in [0.05, 0.1) is 12.2 Å². The van der Waals surface area contributed by atoms with E-state index in [0.717, 1.165) is 25.4 Å². The third-order valence-corrected chi connectivity index (χ3v) is 5.64. The molecule has 2 aliphatic rings. The Kier molecular flexibility index (Phi) is 5.26. The van der Waals surface area contributed by atoms with Gasteiger partial charge >= 0.3 is 0 Å². The Morgan fingerprint density at radius 3 is 3.09 bits per heavy atom. The molecule has 1 amide bonds. The number of nitrogens with zero attached hydrogens (tertiary/aromatic N) is 2. The molecule has 22 heavy (non-hydrogen) atoms. The number of anilines is 1. The van der Waals surface area contributed by atoms with Crippen molar-refractivity contribution in [2.75, 3.05) is 43.4 Å². The fourth-order valence-electron chi connectivity index (χ4n) is 3.39. The Labute approximate surface area is 137 Å². The Morgan fingerprint density at radius 1 is 1.36 bits per heavy atom. The van der Waals surface area contributed by atoms with Gasteiger partial charge in [-0.15, -0.1) is 11.8 Å². The van der Waals surface area contributed by atoms with E-state index in [-0.39, 0.29) is 5.91 Å². The van der Waals surface area contributed by atoms with Crippen molar-refractivity contribution in [2.45, 2.75) is 30.7 Å². The van der Waals surface area contributed by atoms with Crippen LogP contribution in [-0.4, -0.2) is 55.3 Å². The Balaban J connectivity index is 1.52. The first kappa shape index (κ1) is 15.7. The summed E-state index contributed by atoms with van der Waals surface area (Å²) in [6.07, 6.45) is 2.46. The zero-order chi connectivity index (χ0) is 15.4. The number of hydrogen-bond acceptors (Lipinski definition) is 4. The van der Waals surface area contributed by atoms with Gasteiger partial charge in [-0.25, -0.2) is 0 Å². The molecule has 0 spiro atoms. The number of amides is 1. The van der Waals surface area contributed by atoms with E-state index < -0.39 is 0 Å². The number of thioether (sulfide) groups is 1. The maximum Gasteiger partial charge on any atom is 0.239 e. The summed E-state index contributed by atoms with van der Waals surface area (Å²) < 4.78 is 0. The van der Waals surface area contributed by atoms with E-state index in [1.165, 1.54) is 30.0 Å². The summed E-state index contributed by atoms with van der Waals surface area (Å²) in [4.78, 5) is 18.2. The van der Waals surface area contributed by atoms with E-state index in [2.05, 4.69) is 40.2 Å². The number of benzene rings is 1. The summed E-state index contributed by atoms with van der Waals surface area (Å²) in [5.74, 6) is 1.20. The summed E-state index contributed by atoms with van der Waals surface area (Å²) in [6, 6.07) is 8.90. The normalized spacial score (nSPS) is 21.7. The molecule has 0 saturated carbocycles. The number of carbonyl (C=O) groups is 1. The molecular formula is C17H25N3OS. The standard InChI is InChI=1S/C17H25N3OS/c1-2-19-9-5-6-14(19)12-18-17(21)13-20-10-11-22-16-8-4-3-7-15(16)20/h3-4,7-8,14H,2,5-6,9-13H2,1H3,(H,18,21)/t14-/m0/s1. The zero-order valence-electron chi connectivity index (χ0n) is 13.3. The van der Waals surface area contributed by atoms with E-state index in [0.29, 0.717) is 12.6 Å². The van der Waals surface area contributed by atoms with Crippen molar-refractivity contribution in [3.8, 4) is 0 Å². The second-order valence-corrected chi connectivity index (χ2v) is 7.10. The van der Waals surface area contributed by atoms with Crippen molar-refractivity contribution < 1.29 is 4.79 Å². The molecule has 1 saturated heterocycles. The zero-order valence-corrected chi connectivity index (χ0v) is 14.1. The SMILES string of the molecule is CCN1CCC[C@H]1CNC(=O)CN1CCSc2ccccc21. The lowest BCUT2D eigenvalue weighted by Gasteiger charge is -2.30. The van der Waals surface area contributed by atoms with Crippen molar-refractivity contribution in [3.05, 3.63) is 24.3 Å². The first-order valence-electron chi connectivity index (χ1n) is 8.25. The van der Waals surface area contributed by atoms with Crippen LogP contribution in [0.3, 0.4) is 0 Å². The average Bonchev–Trinajstić information content (AvgIpc) is 3.01. The lowest BCUT2D eigenvalue weighted by atomic mass is 10.2. The molecule has 1 N–H and O–H groups in total. The van der Waals surface area contributed by atoms with Crippen LogP contribution in [0, 0.1) is 0 Å². The topological polar surface area (TPSA) is 35.6 Å². The Bertz CT molecular complexity index is 522. The number of hydrogen-bond donors (Lipinski definition) is 1. The molecule has 1 fully saturated rings. The highest BCUT2D eigenvalue weighted by Gasteiger charge is 2.24. The molecule has 0 aliphatic carbocycles. The number of likely N-dealkylation sites (N-methyl/N-ethyl adjacent to an activating group) is 1. The van der Waals surface area contributed by atoms with Crippen molar-refractivity contribution in [2.24, 2.45) is 0 Å². The van der Waals surface area contributed by atoms with Crippen LogP contribution in [0.15, 0.2) is 29.2 Å². The summed E-state index contributed by atoms with van der Waals surface area (Å²) in [6.45, 7) is 6.65. The molecule has 1 aromatic rings. The molecule has 5 heteroatoms. The first-order valence-corrected chi connectivity index (χ1v) is 9.24. The molecule has 3 rings (SSSR count). The van der Waals surface area contributed by atoms with Crippen molar-refractivity contribution in [3.63, 3.8) is 0 Å². The summed E-state index contributed by atoms with van der Waals surface area (Å²) in [7, 11) is 0. The van der Waals surface area contributed by atoms with Crippen LogP contribution in [0.5, 0.6) is 0 Å². The predicted molar refractivity (Wildman–Crippen MR) is 92.7 cm³/mol. The minimum atomic E-state index is 0.143. The van der Waals surface area contributed by atoms with Crippen LogP contribution in [-0.2, 0) is 4.79 Å². The summed E-state index contributed by atoms with van der Waals surface area (Å²) >= 11 is 1.88. The Hall–Kier alpha value is -1.20. The molecule has 0 bridgehead atoms. The molecule has 4 nitrogen and oxygen atoms in total. The van der Waals surface area contributed by atoms with Gasteiger partial charge in [-0.05, 0) is 38.1 Å². The quantitative estimate of drug-likeness (QED) is 0.902. The highest BCUT2D eigenvalue weighted by molar-refractivity contribution is 7.99. The average molecular weight is 319 g/mol. The largest absolute Gasteiger partial charge is 0.360 e. The molecule has 1 aromatic carbocycles. The highest BCUT2D eigenvalue weighted by Crippen LogP contribution is 2.33. The van der Waals surface area contributed by atoms with Crippen LogP contribution >= 0.6 is 11.8 Å². The van der Waals surface area contributed by atoms with Gasteiger partial charge in [0, 0.05) is 29.8 Å². The number of fused-ring (bicyclic) bond motifs is 1. The maximum atomic E-state index is 12.3. The lowest BCUT2D eigenvalue weighted by molar-refractivity contribution is -0.120. The van der Waals surface area contributed by atoms with Crippen LogP contribution in [0.4, 0.5) is 5.69 Å². The monoisotopic (exact) mass is 319 g/mol. The van der Waals surface area contributed by atoms with Crippen LogP contribution in [0.2, 0.25) is 0 Å². The lowest BCUT2D eigenvalue weighted by Crippen LogP contribution is -2.44. The van der Waals surface area contributed by atoms with Gasteiger partial charge in [-0.3, -0.25) is 9.69 Å². The van der Waals surface area contributed by atoms with Gasteiger partial charge in [-0.1, -0.05) is 19.1 Å². The van der Waals surface area contributed by atoms with Gasteiger partial charge in [0.15, 0.2) is 0 Å². The van der Waals surface area contributed by atoms with Gasteiger partial charge in [0.2, 0.25) is 5.91 Å². The minimum absolute atomic E-state index is 0.143. The predicted octanol–water partition coefficient (Wildman–Crippen LogP) is 2.20. The third kappa shape index (κ3) is 3.58. The maximum absolute atomic E-state index is 12.3. The van der Waals surface area contributed by atoms with Crippen molar-refractivity contribution in [1.82, 2.24) is 10.2 Å². The molecule has 1 atom stereocenters. The van der Waals surface area contributed by atoms with Crippen LogP contribution in [0.25, 0.3) is 0 Å². The van der Waals surface area contributed by atoms with Crippen LogP contribution < -0.4 is 10.2 Å². The number of carbonyl (C=O) groups excluding carboxylic acids is 1. The minimum Gasteiger partial charge on any atom is -0.360 e. The Morgan fingerprint density at radius 2 is 2.23 bits per heavy atom. The smallest absolute Gasteiger partial charge is 0.239 e. The van der Waals surface area contributed by atoms with Gasteiger partial charge in [-0.2, -0.15) is 0 Å². The van der Waals surface area contributed by atoms with Crippen molar-refractivity contribution >= 4 is 23.4 Å². The summed E-state index contributed by atoms with van der Waals surface area (Å²) in [5.41, 5.74) is 1.20. The first-order chi connectivity index (χ1) is 10.8. The van der Waals surface area contributed by atoms with Gasteiger partial charge in [0.1, 0.15) is 0 Å². The molecule has 120 valence electrons. The van der Waals surface area contributed by atoms with E-state index in [9.17, 15) is 4.79 Å². The van der Waals surface area contributed by atoms with E-state index >= 15 is 0 Å². The van der Waals surface area contributed by atoms with Crippen LogP contribution in [0.1, 0.15) is 19.8 Å². The molecular weight excluding hydrogens is 294 g/mol. The number of likely N-dealkylation sites (tertiary alicyclic amines) is 1. The second-order valence-electron chi connectivity index (χ2n) is 5.97. The van der Waals surface area contributed by atoms with Gasteiger partial charge < -0.3 is 10.2 Å². The van der Waals surface area contributed by atoms with E-state index in [1.54, 1.807) is 0 Å². The molecule has 2 heterocycles. The molecule has 0 aromatic heterocycles. The second kappa shape index (κ2) is 7.38. The number of rotatable bonds is 5. The fourth-order valence-corrected chi connectivity index (χ4v) is 4.45. The van der Waals surface area contributed by atoms with Gasteiger partial charge in [0.25, 0.3) is 0 Å². The summed E-state index contributed by atoms with van der Waals surface area (Å²) in [5, 5.41) is 3.14. The molecule has 0 unspecified atom stereocenters. The fraction of sp³-hybridized carbons (Fsp3) is 0.588. The molecule has 2 aliphatic heterocycles. The third-order valence-electron chi connectivity index (χ3n) is 4.60. The van der Waals surface area contributed by atoms with E-state index in [1.807, 2.05) is 17.8 Å². The van der Waals surface area contributed by atoms with Crippen molar-refractivity contribution in [1.29, 1.82) is 0 Å².